The molecule has 0 fully saturated rings. The number of hydrogen-bond acceptors (Lipinski definition) is 4. The Morgan fingerprint density at radius 3 is 2.36 bits per heavy atom. The first kappa shape index (κ1) is 24.5. The molecule has 2 aliphatic heterocycles. The highest BCUT2D eigenvalue weighted by Gasteiger charge is 2.63. The summed E-state index contributed by atoms with van der Waals surface area (Å²) in [4.78, 5) is 32.2. The third-order valence-electron chi connectivity index (χ3n) is 7.77. The van der Waals surface area contributed by atoms with Crippen LogP contribution < -0.4 is 9.80 Å². The van der Waals surface area contributed by atoms with Crippen LogP contribution in [-0.4, -0.2) is 22.8 Å². The third-order valence-corrected chi connectivity index (χ3v) is 7.77. The number of carbonyl (C=O) groups excluding carboxylic acids is 2. The molecule has 0 unspecified atom stereocenters. The van der Waals surface area contributed by atoms with Gasteiger partial charge in [0.15, 0.2) is 5.78 Å². The van der Waals surface area contributed by atoms with Crippen LogP contribution >= 0.6 is 0 Å². The molecule has 7 heteroatoms. The van der Waals surface area contributed by atoms with Gasteiger partial charge in [0.1, 0.15) is 23.1 Å². The summed E-state index contributed by atoms with van der Waals surface area (Å²) < 4.78 is 15.8. The van der Waals surface area contributed by atoms with Crippen LogP contribution in [0.2, 0.25) is 0 Å². The molecule has 0 saturated heterocycles. The molecule has 39 heavy (non-hydrogen) atoms. The lowest BCUT2D eigenvalue weighted by molar-refractivity contribution is -0.124. The summed E-state index contributed by atoms with van der Waals surface area (Å²) in [6.07, 6.45) is 9.94. The largest absolute Gasteiger partial charge is 0.309 e. The second kappa shape index (κ2) is 8.58. The average molecular weight is 517 g/mol. The number of aromatic nitrogens is 1. The van der Waals surface area contributed by atoms with Gasteiger partial charge in [-0.3, -0.25) is 19.4 Å². The van der Waals surface area contributed by atoms with E-state index in [4.69, 9.17) is 6.42 Å². The maximum Gasteiger partial charge on any atom is 0.248 e. The van der Waals surface area contributed by atoms with Crippen molar-refractivity contribution in [2.24, 2.45) is 5.41 Å². The first-order chi connectivity index (χ1) is 18.7. The summed E-state index contributed by atoms with van der Waals surface area (Å²) in [5.74, 6) is 1.97. The highest BCUT2D eigenvalue weighted by Crippen LogP contribution is 2.59. The molecule has 1 aromatic heterocycles. The highest BCUT2D eigenvalue weighted by atomic mass is 19.1. The zero-order valence-corrected chi connectivity index (χ0v) is 21.6. The van der Waals surface area contributed by atoms with Gasteiger partial charge in [0.2, 0.25) is 5.91 Å². The molecular weight excluding hydrogens is 491 g/mol. The second-order valence-corrected chi connectivity index (χ2v) is 10.8. The zero-order chi connectivity index (χ0) is 27.5. The van der Waals surface area contributed by atoms with Gasteiger partial charge in [-0.15, -0.1) is 6.42 Å². The number of ketones is 1. The van der Waals surface area contributed by atoms with E-state index in [2.05, 4.69) is 12.0 Å². The van der Waals surface area contributed by atoms with E-state index in [1.807, 2.05) is 36.9 Å². The van der Waals surface area contributed by atoms with Gasteiger partial charge in [-0.1, -0.05) is 38.0 Å². The predicted octanol–water partition coefficient (Wildman–Crippen LogP) is 5.40. The quantitative estimate of drug-likeness (QED) is 0.437. The van der Waals surface area contributed by atoms with Crippen LogP contribution in [0.5, 0.6) is 0 Å². The number of fused-ring (bicyclic) bond motifs is 3. The molecule has 2 aromatic carbocycles. The van der Waals surface area contributed by atoms with E-state index in [1.54, 1.807) is 47.3 Å². The molecule has 1 amide bonds. The standard InChI is InChI=1S/C32H25FN4O2/c1-4-15-36-25-10-6-5-9-23(25)32(30(36)39)24(20-34)29(35-16-7-8-17-35)37(22-13-11-21(33)12-14-22)26-18-31(2,3)19-27(38)28(26)32/h1,5-14,16-17H,15,18-19H2,2-3H3/t32-/m0/s1. The van der Waals surface area contributed by atoms with E-state index in [-0.39, 0.29) is 29.9 Å². The molecule has 0 N–H and O–H groups in total. The van der Waals surface area contributed by atoms with Gasteiger partial charge in [-0.25, -0.2) is 4.39 Å². The summed E-state index contributed by atoms with van der Waals surface area (Å²) in [6, 6.07) is 19.2. The first-order valence-corrected chi connectivity index (χ1v) is 12.7. The van der Waals surface area contributed by atoms with Gasteiger partial charge in [0, 0.05) is 47.0 Å². The number of nitrogens with zero attached hydrogens (tertiary/aromatic N) is 4. The number of hydrogen-bond donors (Lipinski definition) is 0. The topological polar surface area (TPSA) is 69.3 Å². The van der Waals surface area contributed by atoms with E-state index in [1.165, 1.54) is 17.0 Å². The number of amides is 1. The van der Waals surface area contributed by atoms with Crippen LogP contribution in [0, 0.1) is 34.9 Å². The normalized spacial score (nSPS) is 21.7. The van der Waals surface area contributed by atoms with Crippen molar-refractivity contribution in [2.75, 3.05) is 16.3 Å². The number of carbonyl (C=O) groups is 2. The Labute approximate surface area is 226 Å². The van der Waals surface area contributed by atoms with Gasteiger partial charge in [-0.2, -0.15) is 5.26 Å². The number of para-hydroxylation sites is 1. The van der Waals surface area contributed by atoms with Gasteiger partial charge in [0.25, 0.3) is 0 Å². The first-order valence-electron chi connectivity index (χ1n) is 12.7. The van der Waals surface area contributed by atoms with Crippen molar-refractivity contribution >= 4 is 28.9 Å². The maximum absolute atomic E-state index is 14.6. The van der Waals surface area contributed by atoms with Gasteiger partial charge in [-0.05, 0) is 54.3 Å². The molecule has 1 aliphatic carbocycles. The van der Waals surface area contributed by atoms with Crippen molar-refractivity contribution in [1.82, 2.24) is 4.57 Å². The molecule has 192 valence electrons. The number of halogens is 1. The number of terminal acetylenes is 1. The molecule has 6 nitrogen and oxygen atoms in total. The van der Waals surface area contributed by atoms with Crippen LogP contribution in [-0.2, 0) is 15.0 Å². The number of nitriles is 1. The zero-order valence-electron chi connectivity index (χ0n) is 21.6. The highest BCUT2D eigenvalue weighted by molar-refractivity contribution is 6.22. The maximum atomic E-state index is 14.6. The number of Topliss-reactive ketones (excluding diaryl/α,β-unsaturated/α-hetero) is 1. The average Bonchev–Trinajstić information content (AvgIpc) is 3.51. The summed E-state index contributed by atoms with van der Waals surface area (Å²) in [5.41, 5.74) is 0.673. The minimum atomic E-state index is -1.67. The lowest BCUT2D eigenvalue weighted by Gasteiger charge is -2.47. The Morgan fingerprint density at radius 2 is 1.69 bits per heavy atom. The Balaban J connectivity index is 1.80. The van der Waals surface area contributed by atoms with Gasteiger partial charge < -0.3 is 4.57 Å². The van der Waals surface area contributed by atoms with Crippen molar-refractivity contribution in [2.45, 2.75) is 32.1 Å². The van der Waals surface area contributed by atoms with E-state index in [9.17, 15) is 19.2 Å². The van der Waals surface area contributed by atoms with Crippen LogP contribution in [0.25, 0.3) is 5.82 Å². The molecule has 0 saturated carbocycles. The number of rotatable bonds is 3. The molecule has 0 radical (unpaired) electrons. The van der Waals surface area contributed by atoms with Crippen molar-refractivity contribution in [3.05, 3.63) is 101 Å². The fourth-order valence-corrected chi connectivity index (χ4v) is 6.34. The Hall–Kier alpha value is -4.88. The van der Waals surface area contributed by atoms with Crippen LogP contribution in [0.4, 0.5) is 15.8 Å². The smallest absolute Gasteiger partial charge is 0.248 e. The second-order valence-electron chi connectivity index (χ2n) is 10.8. The van der Waals surface area contributed by atoms with Gasteiger partial charge >= 0.3 is 0 Å². The number of anilines is 2. The molecule has 1 spiro atoms. The summed E-state index contributed by atoms with van der Waals surface area (Å²) in [6.45, 7) is 4.02. The Kier molecular flexibility index (Phi) is 5.38. The Morgan fingerprint density at radius 1 is 1.00 bits per heavy atom. The predicted molar refractivity (Wildman–Crippen MR) is 146 cm³/mol. The van der Waals surface area contributed by atoms with E-state index >= 15 is 0 Å². The van der Waals surface area contributed by atoms with Crippen molar-refractivity contribution in [1.29, 1.82) is 5.26 Å². The summed E-state index contributed by atoms with van der Waals surface area (Å²) in [7, 11) is 0. The minimum absolute atomic E-state index is 0.000861. The van der Waals surface area contributed by atoms with Crippen LogP contribution in [0.1, 0.15) is 32.3 Å². The van der Waals surface area contributed by atoms with Crippen molar-refractivity contribution in [3.8, 4) is 18.4 Å². The molecule has 1 atom stereocenters. The lowest BCUT2D eigenvalue weighted by Crippen LogP contribution is -2.53. The molecule has 3 heterocycles. The summed E-state index contributed by atoms with van der Waals surface area (Å²) in [5, 5.41) is 10.9. The van der Waals surface area contributed by atoms with Crippen molar-refractivity contribution < 1.29 is 14.0 Å². The molecule has 3 aromatic rings. The lowest BCUT2D eigenvalue weighted by atomic mass is 9.60. The fourth-order valence-electron chi connectivity index (χ4n) is 6.34. The van der Waals surface area contributed by atoms with Gasteiger partial charge in [0.05, 0.1) is 12.1 Å². The van der Waals surface area contributed by atoms with Crippen molar-refractivity contribution in [3.63, 3.8) is 0 Å². The summed E-state index contributed by atoms with van der Waals surface area (Å²) >= 11 is 0. The number of benzene rings is 2. The Bertz CT molecular complexity index is 1680. The molecular formula is C32H25FN4O2. The van der Waals surface area contributed by atoms with Crippen LogP contribution in [0.3, 0.4) is 0 Å². The van der Waals surface area contributed by atoms with Crippen LogP contribution in [0.15, 0.2) is 89.9 Å². The van der Waals surface area contributed by atoms with E-state index < -0.39 is 22.6 Å². The monoisotopic (exact) mass is 516 g/mol. The minimum Gasteiger partial charge on any atom is -0.309 e. The number of allylic oxidation sites excluding steroid dienone is 1. The van der Waals surface area contributed by atoms with E-state index in [0.29, 0.717) is 34.9 Å². The SMILES string of the molecule is C#CCN1C(=O)[C@]2(C(C#N)=C(n3cccc3)N(c3ccc(F)cc3)C3=C2C(=O)CC(C)(C)C3)c2ccccc21. The molecule has 6 rings (SSSR count). The fraction of sp³-hybridized carbons (Fsp3) is 0.219. The molecule has 0 bridgehead atoms. The third kappa shape index (κ3) is 3.33. The molecule has 3 aliphatic rings. The van der Waals surface area contributed by atoms with E-state index in [0.717, 1.165) is 0 Å².